The Labute approximate surface area is 158 Å². The van der Waals surface area contributed by atoms with Gasteiger partial charge in [0.05, 0.1) is 0 Å². The van der Waals surface area contributed by atoms with Crippen molar-refractivity contribution in [3.05, 3.63) is 66.6 Å². The van der Waals surface area contributed by atoms with Gasteiger partial charge in [0.15, 0.2) is 5.82 Å². The largest absolute Gasteiger partial charge is 0.486 e. The highest BCUT2D eigenvalue weighted by atomic mass is 19.1. The lowest BCUT2D eigenvalue weighted by Crippen LogP contribution is -2.09. The summed E-state index contributed by atoms with van der Waals surface area (Å²) in [5.41, 5.74) is 7.14. The zero-order chi connectivity index (χ0) is 19.3. The first-order valence-corrected chi connectivity index (χ1v) is 8.18. The first-order valence-electron chi connectivity index (χ1n) is 8.18. The molecular formula is C18H14FN7O2. The fourth-order valence-corrected chi connectivity index (χ4v) is 2.36. The zero-order valence-electron chi connectivity index (χ0n) is 14.4. The van der Waals surface area contributed by atoms with E-state index in [0.29, 0.717) is 23.2 Å². The van der Waals surface area contributed by atoms with Crippen LogP contribution in [0.15, 0.2) is 59.3 Å². The molecule has 2 heterocycles. The molecule has 0 aliphatic heterocycles. The number of nitrogens with one attached hydrogen (secondary N) is 1. The number of nitrogens with zero attached hydrogens (tertiary/aromatic N) is 5. The van der Waals surface area contributed by atoms with Gasteiger partial charge in [0.1, 0.15) is 18.2 Å². The van der Waals surface area contributed by atoms with E-state index in [-0.39, 0.29) is 24.3 Å². The van der Waals surface area contributed by atoms with Gasteiger partial charge in [-0.1, -0.05) is 0 Å². The summed E-state index contributed by atoms with van der Waals surface area (Å²) in [7, 11) is 0. The number of hydrogen-bond acceptors (Lipinski definition) is 9. The molecular weight excluding hydrogens is 365 g/mol. The van der Waals surface area contributed by atoms with Gasteiger partial charge in [0, 0.05) is 11.3 Å². The number of rotatable bonds is 6. The van der Waals surface area contributed by atoms with Gasteiger partial charge in [0.25, 0.3) is 0 Å². The minimum Gasteiger partial charge on any atom is -0.486 e. The topological polar surface area (TPSA) is 125 Å². The summed E-state index contributed by atoms with van der Waals surface area (Å²) in [6.07, 6.45) is 1.27. The van der Waals surface area contributed by atoms with Crippen molar-refractivity contribution < 1.29 is 13.5 Å². The number of halogens is 1. The molecule has 2 aromatic heterocycles. The van der Waals surface area contributed by atoms with Crippen LogP contribution in [-0.2, 0) is 6.61 Å². The second-order valence-electron chi connectivity index (χ2n) is 5.62. The molecule has 0 saturated carbocycles. The van der Waals surface area contributed by atoms with Crippen molar-refractivity contribution in [2.75, 3.05) is 11.1 Å². The predicted molar refractivity (Wildman–Crippen MR) is 98.0 cm³/mol. The van der Waals surface area contributed by atoms with E-state index in [1.807, 2.05) is 0 Å². The molecule has 0 saturated heterocycles. The second kappa shape index (κ2) is 7.66. The van der Waals surface area contributed by atoms with E-state index >= 15 is 0 Å². The number of benzene rings is 2. The Kier molecular flexibility index (Phi) is 4.74. The van der Waals surface area contributed by atoms with Crippen molar-refractivity contribution in [3.8, 4) is 17.2 Å². The molecule has 4 aromatic rings. The molecule has 0 aliphatic carbocycles. The summed E-state index contributed by atoms with van der Waals surface area (Å²) in [6.45, 7) is 0.0880. The standard InChI is InChI=1S/C18H14FN7O2/c19-12-3-5-13(6-4-12)22-18-24-15(23-17(20)25-18)9-27-14-7-1-11(2-8-14)16-26-21-10-28-16/h1-8,10H,9H2,(H3,20,22,23,24,25). The van der Waals surface area contributed by atoms with E-state index in [0.717, 1.165) is 5.56 Å². The predicted octanol–water partition coefficient (Wildman–Crippen LogP) is 2.97. The molecule has 0 fully saturated rings. The first kappa shape index (κ1) is 17.3. The lowest BCUT2D eigenvalue weighted by atomic mass is 10.2. The van der Waals surface area contributed by atoms with E-state index in [1.165, 1.54) is 18.5 Å². The number of aromatic nitrogens is 5. The van der Waals surface area contributed by atoms with Gasteiger partial charge < -0.3 is 20.2 Å². The zero-order valence-corrected chi connectivity index (χ0v) is 14.4. The molecule has 10 heteroatoms. The SMILES string of the molecule is Nc1nc(COc2ccc(-c3nnco3)cc2)nc(Nc2ccc(F)cc2)n1. The highest BCUT2D eigenvalue weighted by Crippen LogP contribution is 2.21. The van der Waals surface area contributed by atoms with E-state index < -0.39 is 0 Å². The molecule has 0 aliphatic rings. The van der Waals surface area contributed by atoms with Crippen molar-refractivity contribution in [2.45, 2.75) is 6.61 Å². The number of anilines is 3. The lowest BCUT2D eigenvalue weighted by Gasteiger charge is -2.09. The Hall–Kier alpha value is -4.08. The van der Waals surface area contributed by atoms with Gasteiger partial charge in [-0.05, 0) is 48.5 Å². The summed E-state index contributed by atoms with van der Waals surface area (Å²) in [4.78, 5) is 12.3. The molecule has 0 unspecified atom stereocenters. The number of hydrogen-bond donors (Lipinski definition) is 2. The maximum Gasteiger partial charge on any atom is 0.247 e. The maximum absolute atomic E-state index is 13.0. The van der Waals surface area contributed by atoms with Gasteiger partial charge in [-0.15, -0.1) is 10.2 Å². The Morgan fingerprint density at radius 1 is 1.00 bits per heavy atom. The second-order valence-corrected chi connectivity index (χ2v) is 5.62. The van der Waals surface area contributed by atoms with E-state index in [9.17, 15) is 4.39 Å². The van der Waals surface area contributed by atoms with Gasteiger partial charge in [-0.3, -0.25) is 0 Å². The molecule has 0 amide bonds. The summed E-state index contributed by atoms with van der Waals surface area (Å²) in [6, 6.07) is 12.9. The third-order valence-electron chi connectivity index (χ3n) is 3.63. The lowest BCUT2D eigenvalue weighted by molar-refractivity contribution is 0.296. The Morgan fingerprint density at radius 2 is 1.79 bits per heavy atom. The minimum atomic E-state index is -0.333. The van der Waals surface area contributed by atoms with Crippen LogP contribution in [-0.4, -0.2) is 25.1 Å². The monoisotopic (exact) mass is 379 g/mol. The van der Waals surface area contributed by atoms with Crippen LogP contribution in [0.25, 0.3) is 11.5 Å². The third-order valence-corrected chi connectivity index (χ3v) is 3.63. The van der Waals surface area contributed by atoms with Crippen LogP contribution in [0, 0.1) is 5.82 Å². The fourth-order valence-electron chi connectivity index (χ4n) is 2.36. The van der Waals surface area contributed by atoms with Gasteiger partial charge in [-0.2, -0.15) is 15.0 Å². The average molecular weight is 379 g/mol. The fraction of sp³-hybridized carbons (Fsp3) is 0.0556. The summed E-state index contributed by atoms with van der Waals surface area (Å²) >= 11 is 0. The first-order chi connectivity index (χ1) is 13.7. The van der Waals surface area contributed by atoms with Gasteiger partial charge >= 0.3 is 0 Å². The van der Waals surface area contributed by atoms with Crippen LogP contribution in [0.4, 0.5) is 22.0 Å². The summed E-state index contributed by atoms with van der Waals surface area (Å²) in [5, 5.41) is 10.4. The minimum absolute atomic E-state index is 0.0463. The van der Waals surface area contributed by atoms with E-state index in [2.05, 4.69) is 30.5 Å². The van der Waals surface area contributed by atoms with Crippen LogP contribution in [0.3, 0.4) is 0 Å². The molecule has 3 N–H and O–H groups in total. The molecule has 0 bridgehead atoms. The van der Waals surface area contributed by atoms with Crippen LogP contribution < -0.4 is 15.8 Å². The quantitative estimate of drug-likeness (QED) is 0.520. The van der Waals surface area contributed by atoms with Gasteiger partial charge in [-0.25, -0.2) is 4.39 Å². The molecule has 140 valence electrons. The Balaban J connectivity index is 1.43. The molecule has 0 atom stereocenters. The maximum atomic E-state index is 13.0. The van der Waals surface area contributed by atoms with Crippen molar-refractivity contribution >= 4 is 17.6 Å². The number of nitrogens with two attached hydrogens (primary N) is 1. The highest BCUT2D eigenvalue weighted by molar-refractivity contribution is 5.54. The van der Waals surface area contributed by atoms with Crippen molar-refractivity contribution in [3.63, 3.8) is 0 Å². The van der Waals surface area contributed by atoms with E-state index in [4.69, 9.17) is 14.9 Å². The van der Waals surface area contributed by atoms with Crippen LogP contribution >= 0.6 is 0 Å². The molecule has 28 heavy (non-hydrogen) atoms. The van der Waals surface area contributed by atoms with Crippen molar-refractivity contribution in [2.24, 2.45) is 0 Å². The molecule has 0 radical (unpaired) electrons. The normalized spacial score (nSPS) is 10.6. The van der Waals surface area contributed by atoms with Crippen LogP contribution in [0.5, 0.6) is 5.75 Å². The van der Waals surface area contributed by atoms with Crippen molar-refractivity contribution in [1.82, 2.24) is 25.1 Å². The van der Waals surface area contributed by atoms with Crippen LogP contribution in [0.2, 0.25) is 0 Å². The highest BCUT2D eigenvalue weighted by Gasteiger charge is 2.08. The molecule has 9 nitrogen and oxygen atoms in total. The number of nitrogen functional groups attached to an aromatic ring is 1. The molecule has 4 rings (SSSR count). The summed E-state index contributed by atoms with van der Waals surface area (Å²) in [5.74, 6) is 1.33. The molecule has 2 aromatic carbocycles. The Morgan fingerprint density at radius 3 is 2.50 bits per heavy atom. The summed E-state index contributed by atoms with van der Waals surface area (Å²) < 4.78 is 23.8. The van der Waals surface area contributed by atoms with Crippen LogP contribution in [0.1, 0.15) is 5.82 Å². The average Bonchev–Trinajstić information content (AvgIpc) is 3.23. The van der Waals surface area contributed by atoms with Gasteiger partial charge in [0.2, 0.25) is 24.2 Å². The third kappa shape index (κ3) is 4.18. The molecule has 0 spiro atoms. The van der Waals surface area contributed by atoms with Crippen molar-refractivity contribution in [1.29, 1.82) is 0 Å². The smallest absolute Gasteiger partial charge is 0.247 e. The number of ether oxygens (including phenoxy) is 1. The Bertz CT molecular complexity index is 1050. The van der Waals surface area contributed by atoms with E-state index in [1.54, 1.807) is 36.4 Å².